The molecule has 0 aromatic heterocycles. The first-order valence-electron chi connectivity index (χ1n) is 6.20. The van der Waals surface area contributed by atoms with Gasteiger partial charge in [-0.3, -0.25) is 4.79 Å². The van der Waals surface area contributed by atoms with Gasteiger partial charge in [-0.15, -0.1) is 12.4 Å². The molecule has 3 nitrogen and oxygen atoms in total. The monoisotopic (exact) mass is 246 g/mol. The van der Waals surface area contributed by atoms with E-state index < -0.39 is 0 Å². The molecule has 0 radical (unpaired) electrons. The van der Waals surface area contributed by atoms with Crippen molar-refractivity contribution in [3.63, 3.8) is 0 Å². The number of rotatable bonds is 3. The Morgan fingerprint density at radius 3 is 2.50 bits per heavy atom. The van der Waals surface area contributed by atoms with Crippen LogP contribution in [0, 0.1) is 11.8 Å². The van der Waals surface area contributed by atoms with Gasteiger partial charge in [0.25, 0.3) is 0 Å². The van der Waals surface area contributed by atoms with Gasteiger partial charge in [0.15, 0.2) is 0 Å². The summed E-state index contributed by atoms with van der Waals surface area (Å²) < 4.78 is 0. The standard InChI is InChI=1S/C12H22N2O.ClH/c1-9-5-11(7-13)8-14(9)12(15)6-10-3-2-4-10;/h9-11H,2-8,13H2,1H3;1H. The molecule has 2 fully saturated rings. The van der Waals surface area contributed by atoms with E-state index in [2.05, 4.69) is 11.8 Å². The van der Waals surface area contributed by atoms with Crippen molar-refractivity contribution >= 4 is 18.3 Å². The molecule has 2 N–H and O–H groups in total. The van der Waals surface area contributed by atoms with Crippen molar-refractivity contribution in [1.82, 2.24) is 4.90 Å². The number of carbonyl (C=O) groups excluding carboxylic acids is 1. The topological polar surface area (TPSA) is 46.3 Å². The summed E-state index contributed by atoms with van der Waals surface area (Å²) in [4.78, 5) is 14.1. The van der Waals surface area contributed by atoms with E-state index in [1.54, 1.807) is 0 Å². The van der Waals surface area contributed by atoms with Gasteiger partial charge >= 0.3 is 0 Å². The number of hydrogen-bond acceptors (Lipinski definition) is 2. The molecule has 1 amide bonds. The Morgan fingerprint density at radius 2 is 2.06 bits per heavy atom. The second-order valence-corrected chi connectivity index (χ2v) is 5.23. The molecule has 0 bridgehead atoms. The lowest BCUT2D eigenvalue weighted by Crippen LogP contribution is -2.36. The summed E-state index contributed by atoms with van der Waals surface area (Å²) in [6.07, 6.45) is 5.70. The van der Waals surface area contributed by atoms with Crippen molar-refractivity contribution in [3.8, 4) is 0 Å². The second kappa shape index (κ2) is 5.87. The number of halogens is 1. The fraction of sp³-hybridized carbons (Fsp3) is 0.917. The highest BCUT2D eigenvalue weighted by atomic mass is 35.5. The Hall–Kier alpha value is -0.280. The molecular formula is C12H23ClN2O. The average molecular weight is 247 g/mol. The van der Waals surface area contributed by atoms with E-state index >= 15 is 0 Å². The summed E-state index contributed by atoms with van der Waals surface area (Å²) in [5.74, 6) is 1.58. The van der Waals surface area contributed by atoms with Crippen LogP contribution in [0.4, 0.5) is 0 Å². The zero-order valence-corrected chi connectivity index (χ0v) is 10.8. The van der Waals surface area contributed by atoms with Gasteiger partial charge in [-0.25, -0.2) is 0 Å². The van der Waals surface area contributed by atoms with Crippen LogP contribution in [0.15, 0.2) is 0 Å². The molecule has 0 spiro atoms. The van der Waals surface area contributed by atoms with Gasteiger partial charge in [0.1, 0.15) is 0 Å². The molecule has 2 atom stereocenters. The van der Waals surface area contributed by atoms with Crippen molar-refractivity contribution in [1.29, 1.82) is 0 Å². The van der Waals surface area contributed by atoms with Gasteiger partial charge in [-0.2, -0.15) is 0 Å². The number of carbonyl (C=O) groups is 1. The van der Waals surface area contributed by atoms with Crippen LogP contribution < -0.4 is 5.73 Å². The number of hydrogen-bond donors (Lipinski definition) is 1. The zero-order valence-electron chi connectivity index (χ0n) is 10.0. The van der Waals surface area contributed by atoms with Crippen molar-refractivity contribution in [3.05, 3.63) is 0 Å². The summed E-state index contributed by atoms with van der Waals surface area (Å²) in [6.45, 7) is 3.76. The van der Waals surface area contributed by atoms with Gasteiger partial charge in [-0.05, 0) is 44.6 Å². The summed E-state index contributed by atoms with van der Waals surface area (Å²) in [5, 5.41) is 0. The quantitative estimate of drug-likeness (QED) is 0.826. The molecule has 16 heavy (non-hydrogen) atoms. The Balaban J connectivity index is 0.00000128. The Morgan fingerprint density at radius 1 is 1.38 bits per heavy atom. The lowest BCUT2D eigenvalue weighted by atomic mass is 9.82. The first-order chi connectivity index (χ1) is 7.20. The number of nitrogens with two attached hydrogens (primary N) is 1. The first-order valence-corrected chi connectivity index (χ1v) is 6.20. The summed E-state index contributed by atoms with van der Waals surface area (Å²) in [7, 11) is 0. The van der Waals surface area contributed by atoms with E-state index in [-0.39, 0.29) is 12.4 Å². The third-order valence-corrected chi connectivity index (χ3v) is 4.00. The minimum atomic E-state index is 0. The van der Waals surface area contributed by atoms with E-state index in [0.29, 0.717) is 23.8 Å². The third-order valence-electron chi connectivity index (χ3n) is 4.00. The van der Waals surface area contributed by atoms with Gasteiger partial charge in [0, 0.05) is 19.0 Å². The highest BCUT2D eigenvalue weighted by molar-refractivity contribution is 5.85. The number of nitrogens with zero attached hydrogens (tertiary/aromatic N) is 1. The molecule has 1 saturated heterocycles. The number of amides is 1. The van der Waals surface area contributed by atoms with E-state index in [0.717, 1.165) is 25.9 Å². The smallest absolute Gasteiger partial charge is 0.223 e. The lowest BCUT2D eigenvalue weighted by Gasteiger charge is -2.28. The molecule has 2 aliphatic rings. The van der Waals surface area contributed by atoms with E-state index in [9.17, 15) is 4.79 Å². The molecule has 2 unspecified atom stereocenters. The molecule has 1 heterocycles. The Labute approximate surface area is 104 Å². The maximum absolute atomic E-state index is 12.0. The summed E-state index contributed by atoms with van der Waals surface area (Å²) in [5.41, 5.74) is 5.66. The van der Waals surface area contributed by atoms with Crippen LogP contribution in [0.2, 0.25) is 0 Å². The molecule has 0 aromatic carbocycles. The predicted molar refractivity (Wildman–Crippen MR) is 67.5 cm³/mol. The molecule has 4 heteroatoms. The maximum Gasteiger partial charge on any atom is 0.223 e. The van der Waals surface area contributed by atoms with Crippen molar-refractivity contribution < 1.29 is 4.79 Å². The van der Waals surface area contributed by atoms with Gasteiger partial charge < -0.3 is 10.6 Å². The molecule has 1 aliphatic carbocycles. The first kappa shape index (κ1) is 13.8. The molecule has 1 saturated carbocycles. The minimum Gasteiger partial charge on any atom is -0.340 e. The van der Waals surface area contributed by atoms with Crippen molar-refractivity contribution in [2.75, 3.05) is 13.1 Å². The van der Waals surface area contributed by atoms with E-state index in [1.807, 2.05) is 0 Å². The SMILES string of the molecule is CC1CC(CN)CN1C(=O)CC1CCC1.Cl. The fourth-order valence-corrected chi connectivity index (χ4v) is 2.72. The van der Waals surface area contributed by atoms with Crippen LogP contribution in [0.3, 0.4) is 0 Å². The predicted octanol–water partition coefficient (Wildman–Crippen LogP) is 1.79. The average Bonchev–Trinajstić information content (AvgIpc) is 2.53. The van der Waals surface area contributed by atoms with E-state index in [4.69, 9.17) is 5.73 Å². The molecule has 0 aromatic rings. The third kappa shape index (κ3) is 2.89. The molecule has 94 valence electrons. The van der Waals surface area contributed by atoms with E-state index in [1.165, 1.54) is 19.3 Å². The lowest BCUT2D eigenvalue weighted by molar-refractivity contribution is -0.133. The molecule has 1 aliphatic heterocycles. The van der Waals surface area contributed by atoms with Crippen molar-refractivity contribution in [2.24, 2.45) is 17.6 Å². The normalized spacial score (nSPS) is 29.8. The zero-order chi connectivity index (χ0) is 10.8. The van der Waals surface area contributed by atoms with Crippen LogP contribution in [0.25, 0.3) is 0 Å². The van der Waals surface area contributed by atoms with Gasteiger partial charge in [0.2, 0.25) is 5.91 Å². The van der Waals surface area contributed by atoms with Gasteiger partial charge in [-0.1, -0.05) is 6.42 Å². The Bertz CT molecular complexity index is 243. The van der Waals surface area contributed by atoms with Crippen LogP contribution in [0.1, 0.15) is 39.0 Å². The highest BCUT2D eigenvalue weighted by Crippen LogP contribution is 2.31. The van der Waals surface area contributed by atoms with Crippen LogP contribution in [0.5, 0.6) is 0 Å². The highest BCUT2D eigenvalue weighted by Gasteiger charge is 2.33. The second-order valence-electron chi connectivity index (χ2n) is 5.23. The van der Waals surface area contributed by atoms with Crippen LogP contribution in [-0.2, 0) is 4.79 Å². The largest absolute Gasteiger partial charge is 0.340 e. The van der Waals surface area contributed by atoms with Gasteiger partial charge in [0.05, 0.1) is 0 Å². The molecular weight excluding hydrogens is 224 g/mol. The Kier molecular flexibility index (Phi) is 5.06. The number of likely N-dealkylation sites (tertiary alicyclic amines) is 1. The van der Waals surface area contributed by atoms with Crippen LogP contribution >= 0.6 is 12.4 Å². The molecule has 2 rings (SSSR count). The fourth-order valence-electron chi connectivity index (χ4n) is 2.72. The summed E-state index contributed by atoms with van der Waals surface area (Å²) >= 11 is 0. The summed E-state index contributed by atoms with van der Waals surface area (Å²) in [6, 6.07) is 0.408. The maximum atomic E-state index is 12.0. The van der Waals surface area contributed by atoms with Crippen LogP contribution in [-0.4, -0.2) is 29.9 Å². The van der Waals surface area contributed by atoms with Crippen molar-refractivity contribution in [2.45, 2.75) is 45.1 Å². The minimum absolute atomic E-state index is 0.